The number of likely N-dealkylation sites (N-methyl/N-ethyl adjacent to an activating group) is 1. The fourth-order valence-corrected chi connectivity index (χ4v) is 2.26. The normalized spacial score (nSPS) is 17.1. The summed E-state index contributed by atoms with van der Waals surface area (Å²) in [6.07, 6.45) is 3.07. The molecule has 1 unspecified atom stereocenters. The molecule has 1 aliphatic heterocycles. The van der Waals surface area contributed by atoms with Crippen molar-refractivity contribution in [2.75, 3.05) is 12.4 Å². The molecule has 1 aromatic heterocycles. The van der Waals surface area contributed by atoms with Crippen molar-refractivity contribution in [3.8, 4) is 0 Å². The molecule has 7 heteroatoms. The summed E-state index contributed by atoms with van der Waals surface area (Å²) >= 11 is 0. The highest BCUT2D eigenvalue weighted by Gasteiger charge is 2.36. The summed E-state index contributed by atoms with van der Waals surface area (Å²) in [4.78, 5) is 40.4. The van der Waals surface area contributed by atoms with Gasteiger partial charge >= 0.3 is 6.03 Å². The quantitative estimate of drug-likeness (QED) is 0.842. The Bertz CT molecular complexity index is 759. The molecule has 1 aromatic carbocycles. The van der Waals surface area contributed by atoms with Crippen LogP contribution < -0.4 is 10.6 Å². The van der Waals surface area contributed by atoms with Gasteiger partial charge in [0, 0.05) is 25.1 Å². The van der Waals surface area contributed by atoms with Crippen LogP contribution >= 0.6 is 0 Å². The van der Waals surface area contributed by atoms with Gasteiger partial charge in [-0.1, -0.05) is 12.1 Å². The molecule has 3 rings (SSSR count). The molecule has 2 heterocycles. The van der Waals surface area contributed by atoms with Crippen LogP contribution in [0.15, 0.2) is 48.8 Å². The van der Waals surface area contributed by atoms with Crippen molar-refractivity contribution in [1.82, 2.24) is 15.2 Å². The molecule has 0 radical (unpaired) electrons. The maximum atomic E-state index is 12.0. The van der Waals surface area contributed by atoms with E-state index in [1.165, 1.54) is 13.2 Å². The average Bonchev–Trinajstić information content (AvgIpc) is 2.84. The van der Waals surface area contributed by atoms with Gasteiger partial charge in [0.15, 0.2) is 0 Å². The van der Waals surface area contributed by atoms with E-state index in [1.54, 1.807) is 42.6 Å². The first kappa shape index (κ1) is 14.7. The second-order valence-corrected chi connectivity index (χ2v) is 5.10. The maximum Gasteiger partial charge on any atom is 0.324 e. The van der Waals surface area contributed by atoms with Crippen LogP contribution in [0.5, 0.6) is 0 Å². The minimum Gasteiger partial charge on any atom is -0.322 e. The Morgan fingerprint density at radius 2 is 1.96 bits per heavy atom. The number of pyridine rings is 1. The molecule has 1 aliphatic rings. The Hall–Kier alpha value is -3.22. The first-order valence-corrected chi connectivity index (χ1v) is 6.95. The number of anilines is 1. The van der Waals surface area contributed by atoms with Crippen molar-refractivity contribution < 1.29 is 14.4 Å². The number of benzene rings is 1. The van der Waals surface area contributed by atoms with Gasteiger partial charge in [-0.25, -0.2) is 4.79 Å². The molecule has 0 spiro atoms. The second-order valence-electron chi connectivity index (χ2n) is 5.10. The first-order chi connectivity index (χ1) is 11.1. The van der Waals surface area contributed by atoms with Crippen LogP contribution in [-0.4, -0.2) is 34.8 Å². The van der Waals surface area contributed by atoms with Gasteiger partial charge in [-0.05, 0) is 29.8 Å². The second kappa shape index (κ2) is 5.88. The van der Waals surface area contributed by atoms with Gasteiger partial charge in [0.2, 0.25) is 0 Å². The lowest BCUT2D eigenvalue weighted by Crippen LogP contribution is -2.25. The Morgan fingerprint density at radius 3 is 2.52 bits per heavy atom. The van der Waals surface area contributed by atoms with Crippen LogP contribution in [0.1, 0.15) is 22.0 Å². The first-order valence-electron chi connectivity index (χ1n) is 6.95. The molecule has 1 atom stereocenters. The molecule has 23 heavy (non-hydrogen) atoms. The lowest BCUT2D eigenvalue weighted by atomic mass is 10.1. The highest BCUT2D eigenvalue weighted by atomic mass is 16.2. The Labute approximate surface area is 132 Å². The Kier molecular flexibility index (Phi) is 3.76. The highest BCUT2D eigenvalue weighted by molar-refractivity contribution is 6.05. The van der Waals surface area contributed by atoms with Crippen molar-refractivity contribution in [2.24, 2.45) is 0 Å². The number of rotatable bonds is 3. The zero-order chi connectivity index (χ0) is 16.4. The summed E-state index contributed by atoms with van der Waals surface area (Å²) in [5.41, 5.74) is 1.70. The van der Waals surface area contributed by atoms with Crippen molar-refractivity contribution in [3.05, 3.63) is 59.9 Å². The smallest absolute Gasteiger partial charge is 0.322 e. The molecule has 2 aromatic rings. The molecule has 116 valence electrons. The third-order valence-corrected chi connectivity index (χ3v) is 3.58. The Morgan fingerprint density at radius 1 is 1.22 bits per heavy atom. The van der Waals surface area contributed by atoms with Crippen LogP contribution in [0.2, 0.25) is 0 Å². The molecule has 1 fully saturated rings. The zero-order valence-electron chi connectivity index (χ0n) is 12.3. The average molecular weight is 310 g/mol. The minimum absolute atomic E-state index is 0.268. The number of aromatic nitrogens is 1. The fraction of sp³-hybridized carbons (Fsp3) is 0.125. The number of carbonyl (C=O) groups is 3. The van der Waals surface area contributed by atoms with E-state index in [0.29, 0.717) is 16.8 Å². The van der Waals surface area contributed by atoms with E-state index in [0.717, 1.165) is 4.90 Å². The van der Waals surface area contributed by atoms with Crippen LogP contribution in [-0.2, 0) is 4.79 Å². The van der Waals surface area contributed by atoms with E-state index in [-0.39, 0.29) is 11.8 Å². The van der Waals surface area contributed by atoms with Gasteiger partial charge in [0.25, 0.3) is 11.8 Å². The van der Waals surface area contributed by atoms with Crippen LogP contribution in [0.3, 0.4) is 0 Å². The van der Waals surface area contributed by atoms with Crippen molar-refractivity contribution in [1.29, 1.82) is 0 Å². The standard InChI is InChI=1S/C16H14N4O3/c1-20-15(22)13(19-16(20)23)10-4-6-12(7-5-10)18-14(21)11-3-2-8-17-9-11/h2-9,13H,1H3,(H,18,21)(H,19,23). The SMILES string of the molecule is CN1C(=O)NC(c2ccc(NC(=O)c3cccnc3)cc2)C1=O. The molecule has 4 amide bonds. The number of carbonyl (C=O) groups excluding carboxylic acids is 3. The summed E-state index contributed by atoms with van der Waals surface area (Å²) in [6.45, 7) is 0. The van der Waals surface area contributed by atoms with Crippen molar-refractivity contribution in [2.45, 2.75) is 6.04 Å². The van der Waals surface area contributed by atoms with Gasteiger partial charge in [0.05, 0.1) is 5.56 Å². The number of nitrogens with zero attached hydrogens (tertiary/aromatic N) is 2. The lowest BCUT2D eigenvalue weighted by Gasteiger charge is -2.10. The van der Waals surface area contributed by atoms with Gasteiger partial charge in [0.1, 0.15) is 6.04 Å². The molecular formula is C16H14N4O3. The summed E-state index contributed by atoms with van der Waals surface area (Å²) in [5.74, 6) is -0.571. The van der Waals surface area contributed by atoms with Gasteiger partial charge in [-0.2, -0.15) is 0 Å². The summed E-state index contributed by atoms with van der Waals surface area (Å²) in [6, 6.07) is 9.00. The predicted octanol–water partition coefficient (Wildman–Crippen LogP) is 1.56. The number of nitrogens with one attached hydrogen (secondary N) is 2. The number of urea groups is 1. The zero-order valence-corrected chi connectivity index (χ0v) is 12.3. The number of hydrogen-bond donors (Lipinski definition) is 2. The summed E-state index contributed by atoms with van der Waals surface area (Å²) in [5, 5.41) is 5.34. The largest absolute Gasteiger partial charge is 0.324 e. The predicted molar refractivity (Wildman–Crippen MR) is 82.7 cm³/mol. The third-order valence-electron chi connectivity index (χ3n) is 3.58. The Balaban J connectivity index is 1.72. The molecular weight excluding hydrogens is 296 g/mol. The highest BCUT2D eigenvalue weighted by Crippen LogP contribution is 2.22. The van der Waals surface area contributed by atoms with Crippen molar-refractivity contribution in [3.63, 3.8) is 0 Å². The molecule has 2 N–H and O–H groups in total. The van der Waals surface area contributed by atoms with E-state index in [9.17, 15) is 14.4 Å². The molecule has 0 saturated carbocycles. The van der Waals surface area contributed by atoms with E-state index < -0.39 is 12.1 Å². The van der Waals surface area contributed by atoms with E-state index in [1.807, 2.05) is 0 Å². The topological polar surface area (TPSA) is 91.4 Å². The fourth-order valence-electron chi connectivity index (χ4n) is 2.26. The number of hydrogen-bond acceptors (Lipinski definition) is 4. The van der Waals surface area contributed by atoms with Crippen LogP contribution in [0, 0.1) is 0 Å². The van der Waals surface area contributed by atoms with Crippen molar-refractivity contribution >= 4 is 23.5 Å². The van der Waals surface area contributed by atoms with Gasteiger partial charge < -0.3 is 10.6 Å². The third kappa shape index (κ3) is 2.89. The monoisotopic (exact) mass is 310 g/mol. The number of amides is 4. The van der Waals surface area contributed by atoms with Gasteiger partial charge in [-0.3, -0.25) is 19.5 Å². The van der Waals surface area contributed by atoms with E-state index >= 15 is 0 Å². The molecule has 0 bridgehead atoms. The molecule has 1 saturated heterocycles. The van der Waals surface area contributed by atoms with Crippen LogP contribution in [0.25, 0.3) is 0 Å². The van der Waals surface area contributed by atoms with E-state index in [2.05, 4.69) is 15.6 Å². The summed E-state index contributed by atoms with van der Waals surface area (Å²) in [7, 11) is 1.43. The maximum absolute atomic E-state index is 12.0. The van der Waals surface area contributed by atoms with Crippen LogP contribution in [0.4, 0.5) is 10.5 Å². The minimum atomic E-state index is -0.685. The lowest BCUT2D eigenvalue weighted by molar-refractivity contribution is -0.126. The summed E-state index contributed by atoms with van der Waals surface area (Å²) < 4.78 is 0. The number of imide groups is 1. The molecule has 7 nitrogen and oxygen atoms in total. The van der Waals surface area contributed by atoms with E-state index in [4.69, 9.17) is 0 Å². The molecule has 0 aliphatic carbocycles. The van der Waals surface area contributed by atoms with Gasteiger partial charge in [-0.15, -0.1) is 0 Å².